The fourth-order valence-corrected chi connectivity index (χ4v) is 3.58. The van der Waals surface area contributed by atoms with E-state index in [4.69, 9.17) is 0 Å². The summed E-state index contributed by atoms with van der Waals surface area (Å²) in [5, 5.41) is 9.86. The third kappa shape index (κ3) is 5.16. The quantitative estimate of drug-likeness (QED) is 0.832. The van der Waals surface area contributed by atoms with Crippen LogP contribution in [0, 0.1) is 0 Å². The average molecular weight is 352 g/mol. The van der Waals surface area contributed by atoms with Crippen molar-refractivity contribution in [2.45, 2.75) is 25.3 Å². The molecule has 2 aromatic rings. The van der Waals surface area contributed by atoms with E-state index in [1.165, 1.54) is 5.56 Å². The average Bonchev–Trinajstić information content (AvgIpc) is 2.88. The number of rotatable bonds is 7. The Labute approximate surface area is 156 Å². The lowest BCUT2D eigenvalue weighted by atomic mass is 10.0. The molecule has 0 radical (unpaired) electrons. The van der Waals surface area contributed by atoms with Crippen LogP contribution in [0.1, 0.15) is 17.5 Å². The van der Waals surface area contributed by atoms with Crippen molar-refractivity contribution in [3.05, 3.63) is 71.8 Å². The summed E-state index contributed by atoms with van der Waals surface area (Å²) in [6.45, 7) is 3.32. The van der Waals surface area contributed by atoms with Gasteiger partial charge in [0.15, 0.2) is 0 Å². The molecule has 0 bridgehead atoms. The summed E-state index contributed by atoms with van der Waals surface area (Å²) >= 11 is 0. The number of amides is 1. The van der Waals surface area contributed by atoms with Crippen molar-refractivity contribution in [3.63, 3.8) is 0 Å². The van der Waals surface area contributed by atoms with Gasteiger partial charge in [0.25, 0.3) is 0 Å². The van der Waals surface area contributed by atoms with Crippen molar-refractivity contribution >= 4 is 5.91 Å². The van der Waals surface area contributed by atoms with E-state index in [0.717, 1.165) is 31.6 Å². The molecule has 0 aliphatic carbocycles. The summed E-state index contributed by atoms with van der Waals surface area (Å²) in [5.74, 6) is 0.155. The molecule has 1 amide bonds. The Balaban J connectivity index is 1.56. The monoisotopic (exact) mass is 352 g/mol. The van der Waals surface area contributed by atoms with Gasteiger partial charge in [0.05, 0.1) is 12.6 Å². The number of benzene rings is 2. The summed E-state index contributed by atoms with van der Waals surface area (Å²) in [6, 6.07) is 20.4. The minimum absolute atomic E-state index is 0.00461. The van der Waals surface area contributed by atoms with Crippen LogP contribution in [0.3, 0.4) is 0 Å². The Morgan fingerprint density at radius 3 is 2.19 bits per heavy atom. The first kappa shape index (κ1) is 18.6. The number of hydrogen-bond acceptors (Lipinski definition) is 3. The zero-order valence-corrected chi connectivity index (χ0v) is 15.3. The predicted octanol–water partition coefficient (Wildman–Crippen LogP) is 2.37. The van der Waals surface area contributed by atoms with Gasteiger partial charge in [-0.3, -0.25) is 4.79 Å². The highest BCUT2D eigenvalue weighted by atomic mass is 16.3. The van der Waals surface area contributed by atoms with Gasteiger partial charge < -0.3 is 14.9 Å². The van der Waals surface area contributed by atoms with E-state index in [1.54, 1.807) is 0 Å². The Bertz CT molecular complexity index is 675. The van der Waals surface area contributed by atoms with Crippen LogP contribution in [-0.4, -0.2) is 59.6 Å². The van der Waals surface area contributed by atoms with E-state index in [0.29, 0.717) is 19.4 Å². The fraction of sp³-hybridized carbons (Fsp3) is 0.409. The first-order valence-electron chi connectivity index (χ1n) is 9.47. The maximum absolute atomic E-state index is 12.6. The topological polar surface area (TPSA) is 43.8 Å². The minimum atomic E-state index is -0.140. The smallest absolute Gasteiger partial charge is 0.224 e. The third-order valence-corrected chi connectivity index (χ3v) is 5.14. The number of hydrogen-bond donors (Lipinski definition) is 1. The van der Waals surface area contributed by atoms with Crippen molar-refractivity contribution in [1.29, 1.82) is 0 Å². The lowest BCUT2D eigenvalue weighted by Crippen LogP contribution is -2.44. The molecule has 1 aliphatic rings. The standard InChI is InChI=1S/C22H28N2O2/c25-18-21(17-20-9-5-2-6-10-20)24-16-15-23(14-12-22(24)26)13-11-19-7-3-1-4-8-19/h1-10,21,25H,11-18H2/t21-/m0/s1. The van der Waals surface area contributed by atoms with Crippen LogP contribution >= 0.6 is 0 Å². The van der Waals surface area contributed by atoms with Crippen molar-refractivity contribution in [2.75, 3.05) is 32.8 Å². The minimum Gasteiger partial charge on any atom is -0.394 e. The molecule has 0 saturated carbocycles. The summed E-state index contributed by atoms with van der Waals surface area (Å²) in [4.78, 5) is 16.9. The Kier molecular flexibility index (Phi) is 6.81. The van der Waals surface area contributed by atoms with Gasteiger partial charge in [-0.1, -0.05) is 60.7 Å². The molecule has 0 spiro atoms. The van der Waals surface area contributed by atoms with E-state index < -0.39 is 0 Å². The van der Waals surface area contributed by atoms with Crippen LogP contribution < -0.4 is 0 Å². The number of carbonyl (C=O) groups is 1. The van der Waals surface area contributed by atoms with Crippen molar-refractivity contribution in [2.24, 2.45) is 0 Å². The number of nitrogens with zero attached hydrogens (tertiary/aromatic N) is 2. The van der Waals surface area contributed by atoms with Crippen LogP contribution in [0.25, 0.3) is 0 Å². The third-order valence-electron chi connectivity index (χ3n) is 5.14. The van der Waals surface area contributed by atoms with Crippen molar-refractivity contribution in [3.8, 4) is 0 Å². The molecule has 0 aromatic heterocycles. The zero-order chi connectivity index (χ0) is 18.2. The highest BCUT2D eigenvalue weighted by Crippen LogP contribution is 2.14. The molecule has 138 valence electrons. The molecule has 1 aliphatic heterocycles. The molecule has 4 nitrogen and oxygen atoms in total. The van der Waals surface area contributed by atoms with Crippen LogP contribution in [0.5, 0.6) is 0 Å². The molecule has 26 heavy (non-hydrogen) atoms. The SMILES string of the molecule is O=C1CCN(CCc2ccccc2)CCN1[C@H](CO)Cc1ccccc1. The van der Waals surface area contributed by atoms with E-state index >= 15 is 0 Å². The first-order valence-corrected chi connectivity index (χ1v) is 9.47. The maximum Gasteiger partial charge on any atom is 0.224 e. The van der Waals surface area contributed by atoms with Crippen LogP contribution in [0.2, 0.25) is 0 Å². The van der Waals surface area contributed by atoms with Crippen molar-refractivity contribution < 1.29 is 9.90 Å². The van der Waals surface area contributed by atoms with E-state index in [1.807, 2.05) is 29.2 Å². The largest absolute Gasteiger partial charge is 0.394 e. The lowest BCUT2D eigenvalue weighted by Gasteiger charge is -2.30. The number of aliphatic hydroxyl groups is 1. The first-order chi connectivity index (χ1) is 12.8. The Hall–Kier alpha value is -2.17. The Morgan fingerprint density at radius 2 is 1.54 bits per heavy atom. The number of carbonyl (C=O) groups excluding carboxylic acids is 1. The summed E-state index contributed by atoms with van der Waals surface area (Å²) < 4.78 is 0. The number of aliphatic hydroxyl groups excluding tert-OH is 1. The van der Waals surface area contributed by atoms with Gasteiger partial charge in [-0.05, 0) is 24.0 Å². The predicted molar refractivity (Wildman–Crippen MR) is 104 cm³/mol. The van der Waals surface area contributed by atoms with Crippen LogP contribution in [-0.2, 0) is 17.6 Å². The van der Waals surface area contributed by atoms with E-state index in [-0.39, 0.29) is 18.6 Å². The second kappa shape index (κ2) is 9.51. The van der Waals surface area contributed by atoms with E-state index in [2.05, 4.69) is 41.3 Å². The summed E-state index contributed by atoms with van der Waals surface area (Å²) in [5.41, 5.74) is 2.49. The molecular formula is C22H28N2O2. The van der Waals surface area contributed by atoms with Crippen LogP contribution in [0.15, 0.2) is 60.7 Å². The van der Waals surface area contributed by atoms with Gasteiger partial charge in [0, 0.05) is 32.6 Å². The molecule has 1 heterocycles. The molecule has 3 rings (SSSR count). The molecule has 1 atom stereocenters. The second-order valence-electron chi connectivity index (χ2n) is 6.94. The normalized spacial score (nSPS) is 17.1. The molecule has 4 heteroatoms. The maximum atomic E-state index is 12.6. The van der Waals surface area contributed by atoms with Crippen LogP contribution in [0.4, 0.5) is 0 Å². The second-order valence-corrected chi connectivity index (χ2v) is 6.94. The van der Waals surface area contributed by atoms with Gasteiger partial charge in [-0.2, -0.15) is 0 Å². The molecule has 1 saturated heterocycles. The molecule has 1 N–H and O–H groups in total. The molecule has 2 aromatic carbocycles. The molecular weight excluding hydrogens is 324 g/mol. The van der Waals surface area contributed by atoms with Crippen molar-refractivity contribution in [1.82, 2.24) is 9.80 Å². The van der Waals surface area contributed by atoms with Gasteiger partial charge >= 0.3 is 0 Å². The fourth-order valence-electron chi connectivity index (χ4n) is 3.58. The molecule has 1 fully saturated rings. The van der Waals surface area contributed by atoms with Gasteiger partial charge in [-0.25, -0.2) is 0 Å². The van der Waals surface area contributed by atoms with Gasteiger partial charge in [0.1, 0.15) is 0 Å². The lowest BCUT2D eigenvalue weighted by molar-refractivity contribution is -0.133. The summed E-state index contributed by atoms with van der Waals surface area (Å²) in [7, 11) is 0. The molecule has 0 unspecified atom stereocenters. The highest BCUT2D eigenvalue weighted by molar-refractivity contribution is 5.77. The highest BCUT2D eigenvalue weighted by Gasteiger charge is 2.26. The summed E-state index contributed by atoms with van der Waals surface area (Å²) in [6.07, 6.45) is 2.23. The van der Waals surface area contributed by atoms with Gasteiger partial charge in [-0.15, -0.1) is 0 Å². The Morgan fingerprint density at radius 1 is 0.885 bits per heavy atom. The van der Waals surface area contributed by atoms with Gasteiger partial charge in [0.2, 0.25) is 5.91 Å². The van der Waals surface area contributed by atoms with E-state index in [9.17, 15) is 9.90 Å². The zero-order valence-electron chi connectivity index (χ0n) is 15.3.